The molecule has 0 spiro atoms. The molecule has 82 valence electrons. The van der Waals surface area contributed by atoms with Crippen LogP contribution >= 0.6 is 23.5 Å². The summed E-state index contributed by atoms with van der Waals surface area (Å²) in [5.74, 6) is 2.40. The van der Waals surface area contributed by atoms with Crippen molar-refractivity contribution in [3.8, 4) is 0 Å². The number of thioether (sulfide) groups is 2. The maximum atomic E-state index is 5.66. The van der Waals surface area contributed by atoms with E-state index in [2.05, 4.69) is 15.0 Å². The van der Waals surface area contributed by atoms with Crippen LogP contribution in [-0.4, -0.2) is 27.0 Å². The van der Waals surface area contributed by atoms with Crippen LogP contribution in [0.15, 0.2) is 5.16 Å². The van der Waals surface area contributed by atoms with Crippen molar-refractivity contribution in [2.75, 3.05) is 17.7 Å². The monoisotopic (exact) mass is 242 g/mol. The van der Waals surface area contributed by atoms with Crippen molar-refractivity contribution < 1.29 is 0 Å². The van der Waals surface area contributed by atoms with E-state index in [0.717, 1.165) is 17.4 Å². The van der Waals surface area contributed by atoms with Crippen LogP contribution in [0, 0.1) is 0 Å². The zero-order valence-electron chi connectivity index (χ0n) is 8.64. The first-order valence-electron chi connectivity index (χ1n) is 4.96. The molecule has 2 heterocycles. The topological polar surface area (TPSA) is 64.7 Å². The van der Waals surface area contributed by atoms with Gasteiger partial charge >= 0.3 is 0 Å². The maximum absolute atomic E-state index is 5.66. The first-order valence-corrected chi connectivity index (χ1v) is 7.24. The van der Waals surface area contributed by atoms with Crippen molar-refractivity contribution >= 4 is 29.5 Å². The van der Waals surface area contributed by atoms with Crippen LogP contribution < -0.4 is 5.73 Å². The van der Waals surface area contributed by atoms with Crippen LogP contribution in [0.4, 0.5) is 5.95 Å². The van der Waals surface area contributed by atoms with Crippen LogP contribution in [-0.2, 0) is 0 Å². The second-order valence-corrected chi connectivity index (χ2v) is 5.48. The Morgan fingerprint density at radius 2 is 2.20 bits per heavy atom. The largest absolute Gasteiger partial charge is 0.368 e. The minimum absolute atomic E-state index is 0.343. The van der Waals surface area contributed by atoms with E-state index in [4.69, 9.17) is 5.73 Å². The van der Waals surface area contributed by atoms with Crippen LogP contribution in [0.3, 0.4) is 0 Å². The zero-order valence-corrected chi connectivity index (χ0v) is 10.3. The number of hydrogen-bond donors (Lipinski definition) is 1. The van der Waals surface area contributed by atoms with Gasteiger partial charge in [0.2, 0.25) is 5.95 Å². The number of anilines is 1. The predicted octanol–water partition coefficient (Wildman–Crippen LogP) is 2.13. The van der Waals surface area contributed by atoms with Crippen LogP contribution in [0.1, 0.15) is 30.3 Å². The molecule has 2 rings (SSSR count). The number of hydrogen-bond acceptors (Lipinski definition) is 6. The summed E-state index contributed by atoms with van der Waals surface area (Å²) >= 11 is 3.44. The number of rotatable bonds is 2. The number of aromatic nitrogens is 3. The molecule has 0 radical (unpaired) electrons. The summed E-state index contributed by atoms with van der Waals surface area (Å²) in [4.78, 5) is 12.7. The minimum Gasteiger partial charge on any atom is -0.368 e. The lowest BCUT2D eigenvalue weighted by Gasteiger charge is -2.19. The SMILES string of the molecule is CSc1nc(N)nc(C2CCCCS2)n1. The Balaban J connectivity index is 2.22. The molecule has 1 aromatic heterocycles. The van der Waals surface area contributed by atoms with E-state index < -0.39 is 0 Å². The van der Waals surface area contributed by atoms with Crippen molar-refractivity contribution in [2.45, 2.75) is 29.7 Å². The normalized spacial score (nSPS) is 21.5. The molecule has 15 heavy (non-hydrogen) atoms. The van der Waals surface area contributed by atoms with E-state index in [-0.39, 0.29) is 0 Å². The Kier molecular flexibility index (Phi) is 3.69. The quantitative estimate of drug-likeness (QED) is 0.802. The summed E-state index contributed by atoms with van der Waals surface area (Å²) in [6.07, 6.45) is 5.67. The Morgan fingerprint density at radius 1 is 1.33 bits per heavy atom. The van der Waals surface area contributed by atoms with Gasteiger partial charge in [-0.1, -0.05) is 18.2 Å². The Hall–Kier alpha value is -0.490. The van der Waals surface area contributed by atoms with E-state index in [1.54, 1.807) is 0 Å². The second-order valence-electron chi connectivity index (χ2n) is 3.39. The third-order valence-electron chi connectivity index (χ3n) is 2.30. The third-order valence-corrected chi connectivity index (χ3v) is 4.22. The fraction of sp³-hybridized carbons (Fsp3) is 0.667. The molecule has 0 aromatic carbocycles. The van der Waals surface area contributed by atoms with E-state index in [1.807, 2.05) is 18.0 Å². The fourth-order valence-corrected chi connectivity index (χ4v) is 3.18. The van der Waals surface area contributed by atoms with Crippen molar-refractivity contribution in [1.82, 2.24) is 15.0 Å². The lowest BCUT2D eigenvalue weighted by molar-refractivity contribution is 0.650. The van der Waals surface area contributed by atoms with Crippen molar-refractivity contribution in [2.24, 2.45) is 0 Å². The van der Waals surface area contributed by atoms with E-state index in [1.165, 1.54) is 30.4 Å². The van der Waals surface area contributed by atoms with Crippen LogP contribution in [0.25, 0.3) is 0 Å². The summed E-state index contributed by atoms with van der Waals surface area (Å²) in [6, 6.07) is 0. The van der Waals surface area contributed by atoms with E-state index in [0.29, 0.717) is 11.2 Å². The number of nitrogens with zero attached hydrogens (tertiary/aromatic N) is 3. The van der Waals surface area contributed by atoms with Gasteiger partial charge in [-0.15, -0.1) is 0 Å². The lowest BCUT2D eigenvalue weighted by atomic mass is 10.2. The average molecular weight is 242 g/mol. The summed E-state index contributed by atoms with van der Waals surface area (Å²) in [5, 5.41) is 1.14. The minimum atomic E-state index is 0.343. The zero-order chi connectivity index (χ0) is 10.7. The van der Waals surface area contributed by atoms with Gasteiger partial charge in [0.1, 0.15) is 5.82 Å². The van der Waals surface area contributed by atoms with Gasteiger partial charge in [0.25, 0.3) is 0 Å². The molecule has 1 fully saturated rings. The molecular weight excluding hydrogens is 228 g/mol. The average Bonchev–Trinajstić information content (AvgIpc) is 2.29. The summed E-state index contributed by atoms with van der Waals surface area (Å²) in [6.45, 7) is 0. The molecule has 1 aliphatic heterocycles. The number of nitrogen functional groups attached to an aromatic ring is 1. The van der Waals surface area contributed by atoms with E-state index >= 15 is 0 Å². The molecule has 2 N–H and O–H groups in total. The molecule has 6 heteroatoms. The molecule has 4 nitrogen and oxygen atoms in total. The standard InChI is InChI=1S/C9H14N4S2/c1-14-9-12-7(11-8(10)13-9)6-4-2-3-5-15-6/h6H,2-5H2,1H3,(H2,10,11,12,13). The summed E-state index contributed by atoms with van der Waals surface area (Å²) in [5.41, 5.74) is 5.66. The molecule has 1 unspecified atom stereocenters. The molecule has 1 atom stereocenters. The molecule has 1 saturated heterocycles. The Morgan fingerprint density at radius 3 is 2.87 bits per heavy atom. The third kappa shape index (κ3) is 2.75. The van der Waals surface area contributed by atoms with Gasteiger partial charge < -0.3 is 5.73 Å². The predicted molar refractivity (Wildman–Crippen MR) is 65.1 cm³/mol. The highest BCUT2D eigenvalue weighted by atomic mass is 32.2. The van der Waals surface area contributed by atoms with Crippen molar-refractivity contribution in [3.63, 3.8) is 0 Å². The highest BCUT2D eigenvalue weighted by Gasteiger charge is 2.19. The Bertz CT molecular complexity index is 339. The summed E-state index contributed by atoms with van der Waals surface area (Å²) < 4.78 is 0. The summed E-state index contributed by atoms with van der Waals surface area (Å²) in [7, 11) is 0. The van der Waals surface area contributed by atoms with Gasteiger partial charge in [0.15, 0.2) is 5.16 Å². The molecule has 0 bridgehead atoms. The molecule has 1 aromatic rings. The van der Waals surface area contributed by atoms with Crippen LogP contribution in [0.2, 0.25) is 0 Å². The van der Waals surface area contributed by atoms with Crippen molar-refractivity contribution in [1.29, 1.82) is 0 Å². The number of nitrogens with two attached hydrogens (primary N) is 1. The molecule has 0 saturated carbocycles. The van der Waals surface area contributed by atoms with Gasteiger partial charge in [-0.3, -0.25) is 0 Å². The smallest absolute Gasteiger partial charge is 0.224 e. The molecule has 1 aliphatic rings. The van der Waals surface area contributed by atoms with Crippen molar-refractivity contribution in [3.05, 3.63) is 5.82 Å². The van der Waals surface area contributed by atoms with Gasteiger partial charge in [-0.25, -0.2) is 4.98 Å². The highest BCUT2D eigenvalue weighted by Crippen LogP contribution is 2.36. The molecule has 0 amide bonds. The first kappa shape index (κ1) is 11.0. The second kappa shape index (κ2) is 5.03. The highest BCUT2D eigenvalue weighted by molar-refractivity contribution is 7.99. The maximum Gasteiger partial charge on any atom is 0.224 e. The molecule has 0 aliphatic carbocycles. The first-order chi connectivity index (χ1) is 7.29. The fourth-order valence-electron chi connectivity index (χ4n) is 1.57. The Labute approximate surface area is 97.9 Å². The van der Waals surface area contributed by atoms with Gasteiger partial charge in [0, 0.05) is 0 Å². The van der Waals surface area contributed by atoms with Crippen LogP contribution in [0.5, 0.6) is 0 Å². The van der Waals surface area contributed by atoms with E-state index in [9.17, 15) is 0 Å². The lowest BCUT2D eigenvalue weighted by Crippen LogP contribution is -2.10. The molecular formula is C9H14N4S2. The van der Waals surface area contributed by atoms with Gasteiger partial charge in [-0.2, -0.15) is 21.7 Å². The van der Waals surface area contributed by atoms with Gasteiger partial charge in [0.05, 0.1) is 5.25 Å². The van der Waals surface area contributed by atoms with Gasteiger partial charge in [-0.05, 0) is 24.9 Å².